The summed E-state index contributed by atoms with van der Waals surface area (Å²) >= 11 is 0. The molecule has 0 aromatic rings. The summed E-state index contributed by atoms with van der Waals surface area (Å²) in [5.74, 6) is -4.47. The van der Waals surface area contributed by atoms with Crippen LogP contribution in [-0.2, 0) is 42.7 Å². The first-order chi connectivity index (χ1) is 24.0. The molecule has 0 aliphatic carbocycles. The molecule has 0 saturated carbocycles. The molecule has 0 aromatic carbocycles. The number of carbonyl (C=O) groups is 2. The fourth-order valence-electron chi connectivity index (χ4n) is 8.58. The number of aliphatic hydroxyl groups is 4. The van der Waals surface area contributed by atoms with E-state index in [0.29, 0.717) is 6.42 Å². The molecule has 304 valence electrons. The molecule has 14 nitrogen and oxygen atoms in total. The molecule has 52 heavy (non-hydrogen) atoms. The molecule has 3 aliphatic rings. The highest BCUT2D eigenvalue weighted by Gasteiger charge is 2.54. The molecule has 18 atom stereocenters. The molecule has 4 N–H and O–H groups in total. The van der Waals surface area contributed by atoms with Crippen molar-refractivity contribution in [2.75, 3.05) is 28.3 Å². The molecule has 0 bridgehead atoms. The Bertz CT molecular complexity index is 1190. The maximum Gasteiger partial charge on any atom is 0.311 e. The number of aliphatic hydroxyl groups excluding tert-OH is 3. The predicted octanol–water partition coefficient (Wildman–Crippen LogP) is 2.44. The highest BCUT2D eigenvalue weighted by atomic mass is 16.7. The van der Waals surface area contributed by atoms with E-state index in [1.807, 2.05) is 32.8 Å². The first-order valence-electron chi connectivity index (χ1n) is 18.9. The zero-order valence-electron chi connectivity index (χ0n) is 33.9. The Morgan fingerprint density at radius 1 is 0.846 bits per heavy atom. The Morgan fingerprint density at radius 2 is 1.44 bits per heavy atom. The van der Waals surface area contributed by atoms with Crippen LogP contribution < -0.4 is 0 Å². The number of carbonyl (C=O) groups excluding carboxylic acids is 2. The van der Waals surface area contributed by atoms with E-state index in [0.717, 1.165) is 0 Å². The summed E-state index contributed by atoms with van der Waals surface area (Å²) in [6, 6.07) is -0.283. The first kappa shape index (κ1) is 45.1. The summed E-state index contributed by atoms with van der Waals surface area (Å²) in [4.78, 5) is 30.1. The van der Waals surface area contributed by atoms with Gasteiger partial charge in [0, 0.05) is 44.4 Å². The van der Waals surface area contributed by atoms with Gasteiger partial charge in [-0.05, 0) is 74.9 Å². The average molecular weight is 748 g/mol. The van der Waals surface area contributed by atoms with Crippen molar-refractivity contribution in [2.45, 2.75) is 179 Å². The van der Waals surface area contributed by atoms with Gasteiger partial charge in [0.15, 0.2) is 12.6 Å². The summed E-state index contributed by atoms with van der Waals surface area (Å²) < 4.78 is 43.9. The number of methoxy groups -OCH3 is 2. The van der Waals surface area contributed by atoms with Gasteiger partial charge in [-0.1, -0.05) is 27.7 Å². The molecular formula is C38H69NO13. The van der Waals surface area contributed by atoms with Gasteiger partial charge in [-0.15, -0.1) is 0 Å². The van der Waals surface area contributed by atoms with Crippen LogP contribution in [0, 0.1) is 23.7 Å². The predicted molar refractivity (Wildman–Crippen MR) is 191 cm³/mol. The number of nitrogens with zero attached hydrogens (tertiary/aromatic N) is 1. The maximum atomic E-state index is 14.2. The molecule has 0 radical (unpaired) electrons. The van der Waals surface area contributed by atoms with E-state index >= 15 is 0 Å². The molecule has 3 saturated heterocycles. The number of hydrogen-bond acceptors (Lipinski definition) is 14. The second kappa shape index (κ2) is 17.7. The minimum absolute atomic E-state index is 0.111. The van der Waals surface area contributed by atoms with Crippen molar-refractivity contribution in [1.29, 1.82) is 0 Å². The lowest BCUT2D eigenvalue weighted by atomic mass is 9.74. The van der Waals surface area contributed by atoms with E-state index in [2.05, 4.69) is 0 Å². The average Bonchev–Trinajstić information content (AvgIpc) is 3.09. The van der Waals surface area contributed by atoms with Crippen LogP contribution >= 0.6 is 0 Å². The molecular weight excluding hydrogens is 678 g/mol. The number of Topliss-reactive ketones (excluding diaryl/α,β-unsaturated/α-hetero) is 1. The molecule has 3 fully saturated rings. The first-order valence-corrected chi connectivity index (χ1v) is 18.9. The summed E-state index contributed by atoms with van der Waals surface area (Å²) in [5.41, 5.74) is -4.24. The van der Waals surface area contributed by atoms with Crippen LogP contribution in [0.25, 0.3) is 0 Å². The number of ketones is 1. The lowest BCUT2D eigenvalue weighted by Crippen LogP contribution is -2.61. The largest absolute Gasteiger partial charge is 0.459 e. The SMILES string of the molecule is CC[C@H]1OC(=O)[C@H](C)[C@@H](O[C@H]2C[C@@](C)(OC)[C@H](O)[C@H](C)O2)[C@H](C)[C@@H](O[C@@H]2O[C@H](C)C[C@@H](N(C)C)[C@H]2O)[C@](C)(OC)C[C@@H](C)C(=O)[C@H](C)[C@H](O)[C@]1(C)O. The van der Waals surface area contributed by atoms with E-state index in [-0.39, 0.29) is 37.2 Å². The van der Waals surface area contributed by atoms with Crippen LogP contribution in [0.4, 0.5) is 0 Å². The van der Waals surface area contributed by atoms with Crippen LogP contribution in [0.5, 0.6) is 0 Å². The molecule has 0 spiro atoms. The highest BCUT2D eigenvalue weighted by molar-refractivity contribution is 5.83. The van der Waals surface area contributed by atoms with Crippen molar-refractivity contribution in [3.63, 3.8) is 0 Å². The molecule has 14 heteroatoms. The minimum Gasteiger partial charge on any atom is -0.459 e. The summed E-state index contributed by atoms with van der Waals surface area (Å²) in [6.07, 6.45) is -8.73. The zero-order valence-corrected chi connectivity index (χ0v) is 33.9. The Kier molecular flexibility index (Phi) is 15.3. The van der Waals surface area contributed by atoms with Gasteiger partial charge in [0.1, 0.15) is 29.7 Å². The monoisotopic (exact) mass is 747 g/mol. The maximum absolute atomic E-state index is 14.2. The van der Waals surface area contributed by atoms with Gasteiger partial charge >= 0.3 is 5.97 Å². The summed E-state index contributed by atoms with van der Waals surface area (Å²) in [6.45, 7) is 17.1. The van der Waals surface area contributed by atoms with Gasteiger partial charge in [-0.2, -0.15) is 0 Å². The minimum atomic E-state index is -1.96. The van der Waals surface area contributed by atoms with E-state index in [9.17, 15) is 30.0 Å². The van der Waals surface area contributed by atoms with E-state index < -0.39 is 102 Å². The Hall–Kier alpha value is -1.30. The Morgan fingerprint density at radius 3 is 1.98 bits per heavy atom. The molecule has 0 amide bonds. The molecule has 0 aromatic heterocycles. The van der Waals surface area contributed by atoms with Gasteiger partial charge in [-0.3, -0.25) is 9.59 Å². The molecule has 3 heterocycles. The van der Waals surface area contributed by atoms with Gasteiger partial charge in [0.2, 0.25) is 0 Å². The van der Waals surface area contributed by atoms with Crippen LogP contribution in [0.1, 0.15) is 94.9 Å². The van der Waals surface area contributed by atoms with Crippen LogP contribution in [-0.4, -0.2) is 150 Å². The lowest BCUT2D eigenvalue weighted by molar-refractivity contribution is -0.319. The third-order valence-corrected chi connectivity index (χ3v) is 12.3. The van der Waals surface area contributed by atoms with E-state index in [1.54, 1.807) is 48.5 Å². The second-order valence-electron chi connectivity index (χ2n) is 16.6. The van der Waals surface area contributed by atoms with Gasteiger partial charge < -0.3 is 58.5 Å². The molecule has 3 rings (SSSR count). The standard InChI is InChI=1S/C38H69NO13/c1-15-26-38(10,45)31(42)21(4)28(40)19(2)17-37(9,47-14)33(52-35-29(41)25(39(11)12)16-20(3)48-35)22(5)30(23(6)34(44)50-26)51-27-18-36(8,46-13)32(43)24(7)49-27/h19-27,29-33,35,41-43,45H,15-18H2,1-14H3/t19-,20-,21+,22+,23-,24+,25-,26-,27+,29-,30+,31+,32-,33-,35+,36-,37-,38-/m1/s1. The Labute approximate surface area is 310 Å². The van der Waals surface area contributed by atoms with Crippen LogP contribution in [0.15, 0.2) is 0 Å². The topological polar surface area (TPSA) is 183 Å². The van der Waals surface area contributed by atoms with E-state index in [1.165, 1.54) is 21.1 Å². The molecule has 3 aliphatic heterocycles. The van der Waals surface area contributed by atoms with Crippen molar-refractivity contribution in [2.24, 2.45) is 23.7 Å². The molecule has 0 unspecified atom stereocenters. The highest BCUT2D eigenvalue weighted by Crippen LogP contribution is 2.41. The van der Waals surface area contributed by atoms with Gasteiger partial charge in [0.25, 0.3) is 0 Å². The fraction of sp³-hybridized carbons (Fsp3) is 0.947. The quantitative estimate of drug-likeness (QED) is 0.266. The summed E-state index contributed by atoms with van der Waals surface area (Å²) in [7, 11) is 6.77. The fourth-order valence-corrected chi connectivity index (χ4v) is 8.58. The zero-order chi connectivity index (χ0) is 39.7. The number of rotatable bonds is 8. The van der Waals surface area contributed by atoms with Crippen molar-refractivity contribution >= 4 is 11.8 Å². The Balaban J connectivity index is 2.22. The van der Waals surface area contributed by atoms with Gasteiger partial charge in [-0.25, -0.2) is 0 Å². The number of ether oxygens (including phenoxy) is 7. The van der Waals surface area contributed by atoms with Crippen molar-refractivity contribution < 1.29 is 63.2 Å². The number of likely N-dealkylation sites (N-methyl/N-ethyl adjacent to an activating group) is 1. The van der Waals surface area contributed by atoms with Crippen molar-refractivity contribution in [3.05, 3.63) is 0 Å². The van der Waals surface area contributed by atoms with Crippen LogP contribution in [0.2, 0.25) is 0 Å². The third-order valence-electron chi connectivity index (χ3n) is 12.3. The third kappa shape index (κ3) is 9.38. The second-order valence-corrected chi connectivity index (χ2v) is 16.6. The van der Waals surface area contributed by atoms with E-state index in [4.69, 9.17) is 33.2 Å². The normalized spacial score (nSPS) is 49.0. The smallest absolute Gasteiger partial charge is 0.311 e. The van der Waals surface area contributed by atoms with Crippen LogP contribution in [0.3, 0.4) is 0 Å². The van der Waals surface area contributed by atoms with Gasteiger partial charge in [0.05, 0.1) is 47.6 Å². The number of cyclic esters (lactones) is 1. The lowest BCUT2D eigenvalue weighted by Gasteiger charge is -2.50. The number of esters is 1. The number of hydrogen-bond donors (Lipinski definition) is 4. The van der Waals surface area contributed by atoms with Crippen molar-refractivity contribution in [3.8, 4) is 0 Å². The van der Waals surface area contributed by atoms with Crippen molar-refractivity contribution in [1.82, 2.24) is 4.90 Å². The summed E-state index contributed by atoms with van der Waals surface area (Å²) in [5, 5.41) is 45.6.